The minimum atomic E-state index is -0.968. The Morgan fingerprint density at radius 1 is 1.28 bits per heavy atom. The summed E-state index contributed by atoms with van der Waals surface area (Å²) in [6.07, 6.45) is 1.33. The van der Waals surface area contributed by atoms with Crippen LogP contribution in [0.15, 0.2) is 34.9 Å². The topological polar surface area (TPSA) is 56.0 Å². The van der Waals surface area contributed by atoms with Crippen molar-refractivity contribution in [2.24, 2.45) is 0 Å². The minimum absolute atomic E-state index is 0.00162. The highest BCUT2D eigenvalue weighted by atomic mass is 79.9. The summed E-state index contributed by atoms with van der Waals surface area (Å²) in [5.74, 6) is -2.81. The Bertz CT molecular complexity index is 631. The van der Waals surface area contributed by atoms with Crippen LogP contribution in [-0.4, -0.2) is 10.8 Å². The van der Waals surface area contributed by atoms with Gasteiger partial charge in [-0.05, 0) is 40.2 Å². The molecule has 0 aliphatic heterocycles. The van der Waals surface area contributed by atoms with Crippen LogP contribution in [-0.2, 0) is 0 Å². The fourth-order valence-corrected chi connectivity index (χ4v) is 1.79. The Hall–Kier alpha value is -1.82. The molecule has 0 saturated carbocycles. The van der Waals surface area contributed by atoms with Crippen LogP contribution in [0.25, 0.3) is 0 Å². The molecular formula is C12H7BrF2N2O. The van der Waals surface area contributed by atoms with Crippen molar-refractivity contribution in [3.63, 3.8) is 0 Å². The van der Waals surface area contributed by atoms with Crippen molar-refractivity contribution >= 4 is 27.4 Å². The maximum Gasteiger partial charge on any atom is 0.219 e. The van der Waals surface area contributed by atoms with Gasteiger partial charge in [0.05, 0.1) is 15.7 Å². The average molecular weight is 313 g/mol. The van der Waals surface area contributed by atoms with Gasteiger partial charge in [-0.3, -0.25) is 9.78 Å². The molecule has 0 radical (unpaired) electrons. The van der Waals surface area contributed by atoms with E-state index in [-0.39, 0.29) is 15.9 Å². The first-order valence-electron chi connectivity index (χ1n) is 4.91. The molecule has 1 heterocycles. The molecule has 18 heavy (non-hydrogen) atoms. The van der Waals surface area contributed by atoms with E-state index in [4.69, 9.17) is 5.73 Å². The summed E-state index contributed by atoms with van der Waals surface area (Å²) in [5.41, 5.74) is 4.78. The molecule has 2 rings (SSSR count). The van der Waals surface area contributed by atoms with Gasteiger partial charge in [-0.15, -0.1) is 0 Å². The number of aromatic nitrogens is 1. The van der Waals surface area contributed by atoms with Crippen molar-refractivity contribution in [3.8, 4) is 0 Å². The van der Waals surface area contributed by atoms with Crippen molar-refractivity contribution in [2.45, 2.75) is 0 Å². The van der Waals surface area contributed by atoms with Crippen molar-refractivity contribution in [1.29, 1.82) is 0 Å². The first-order chi connectivity index (χ1) is 8.52. The maximum absolute atomic E-state index is 13.8. The second-order valence-corrected chi connectivity index (χ2v) is 4.34. The third-order valence-electron chi connectivity index (χ3n) is 2.33. The number of hydrogen-bond acceptors (Lipinski definition) is 3. The fourth-order valence-electron chi connectivity index (χ4n) is 1.46. The van der Waals surface area contributed by atoms with Crippen LogP contribution in [0.1, 0.15) is 16.1 Å². The Morgan fingerprint density at radius 2 is 2.00 bits per heavy atom. The monoisotopic (exact) mass is 312 g/mol. The molecule has 0 aliphatic rings. The molecule has 0 amide bonds. The Morgan fingerprint density at radius 3 is 2.67 bits per heavy atom. The number of rotatable bonds is 2. The number of benzene rings is 1. The molecule has 0 atom stereocenters. The lowest BCUT2D eigenvalue weighted by atomic mass is 10.1. The molecule has 0 aliphatic carbocycles. The lowest BCUT2D eigenvalue weighted by molar-refractivity contribution is 0.102. The van der Waals surface area contributed by atoms with Crippen LogP contribution in [0, 0.1) is 11.6 Å². The Kier molecular flexibility index (Phi) is 3.38. The lowest BCUT2D eigenvalue weighted by Gasteiger charge is -2.06. The zero-order chi connectivity index (χ0) is 13.3. The number of nitrogen functional groups attached to an aromatic ring is 1. The summed E-state index contributed by atoms with van der Waals surface area (Å²) >= 11 is 2.89. The molecule has 2 aromatic rings. The number of halogens is 3. The minimum Gasteiger partial charge on any atom is -0.397 e. The molecule has 1 aromatic heterocycles. The average Bonchev–Trinajstić information content (AvgIpc) is 2.35. The van der Waals surface area contributed by atoms with Crippen LogP contribution >= 0.6 is 15.9 Å². The number of nitrogens with zero attached hydrogens (tertiary/aromatic N) is 1. The van der Waals surface area contributed by atoms with E-state index in [2.05, 4.69) is 20.9 Å². The molecule has 0 saturated heterocycles. The summed E-state index contributed by atoms with van der Waals surface area (Å²) in [5, 5.41) is 0. The molecular weight excluding hydrogens is 306 g/mol. The summed E-state index contributed by atoms with van der Waals surface area (Å²) in [6, 6.07) is 5.15. The van der Waals surface area contributed by atoms with E-state index in [1.807, 2.05) is 0 Å². The van der Waals surface area contributed by atoms with Gasteiger partial charge in [-0.25, -0.2) is 8.78 Å². The second kappa shape index (κ2) is 4.81. The first kappa shape index (κ1) is 12.6. The van der Waals surface area contributed by atoms with Gasteiger partial charge in [-0.2, -0.15) is 0 Å². The SMILES string of the molecule is Nc1cccnc1C(=O)c1c(F)ccc(Br)c1F. The number of hydrogen-bond donors (Lipinski definition) is 1. The molecule has 0 spiro atoms. The van der Waals surface area contributed by atoms with E-state index in [1.165, 1.54) is 24.4 Å². The van der Waals surface area contributed by atoms with E-state index >= 15 is 0 Å². The molecule has 0 unspecified atom stereocenters. The summed E-state index contributed by atoms with van der Waals surface area (Å²) in [4.78, 5) is 15.8. The third-order valence-corrected chi connectivity index (χ3v) is 2.94. The van der Waals surface area contributed by atoms with Crippen molar-refractivity contribution in [3.05, 3.63) is 57.8 Å². The van der Waals surface area contributed by atoms with E-state index < -0.39 is 23.0 Å². The zero-order valence-corrected chi connectivity index (χ0v) is 10.5. The maximum atomic E-state index is 13.8. The van der Waals surface area contributed by atoms with Gasteiger partial charge in [0.1, 0.15) is 11.5 Å². The number of ketones is 1. The predicted octanol–water partition coefficient (Wildman–Crippen LogP) is 2.94. The summed E-state index contributed by atoms with van der Waals surface area (Å²) in [7, 11) is 0. The third kappa shape index (κ3) is 2.11. The van der Waals surface area contributed by atoms with Crippen LogP contribution < -0.4 is 5.73 Å². The second-order valence-electron chi connectivity index (χ2n) is 3.49. The normalized spacial score (nSPS) is 10.4. The van der Waals surface area contributed by atoms with Gasteiger partial charge in [0.15, 0.2) is 5.82 Å². The van der Waals surface area contributed by atoms with Gasteiger partial charge < -0.3 is 5.73 Å². The Labute approximate surface area is 110 Å². The van der Waals surface area contributed by atoms with Crippen LogP contribution in [0.2, 0.25) is 0 Å². The predicted molar refractivity (Wildman–Crippen MR) is 66.1 cm³/mol. The Balaban J connectivity index is 2.61. The smallest absolute Gasteiger partial charge is 0.219 e. The van der Waals surface area contributed by atoms with Gasteiger partial charge >= 0.3 is 0 Å². The van der Waals surface area contributed by atoms with Crippen molar-refractivity contribution < 1.29 is 13.6 Å². The van der Waals surface area contributed by atoms with E-state index in [0.29, 0.717) is 0 Å². The number of pyridine rings is 1. The number of carbonyl (C=O) groups is 1. The number of nitrogens with two attached hydrogens (primary N) is 1. The standard InChI is InChI=1S/C12H7BrF2N2O/c13-6-3-4-7(14)9(10(6)15)12(18)11-8(16)2-1-5-17-11/h1-5H,16H2. The molecule has 92 valence electrons. The fraction of sp³-hybridized carbons (Fsp3) is 0. The summed E-state index contributed by atoms with van der Waals surface area (Å²) < 4.78 is 27.3. The number of carbonyl (C=O) groups excluding carboxylic acids is 1. The largest absolute Gasteiger partial charge is 0.397 e. The van der Waals surface area contributed by atoms with Crippen LogP contribution in [0.4, 0.5) is 14.5 Å². The number of anilines is 1. The van der Waals surface area contributed by atoms with E-state index in [1.54, 1.807) is 0 Å². The molecule has 2 N–H and O–H groups in total. The van der Waals surface area contributed by atoms with Gasteiger partial charge in [0, 0.05) is 6.20 Å². The highest BCUT2D eigenvalue weighted by Gasteiger charge is 2.23. The van der Waals surface area contributed by atoms with E-state index in [9.17, 15) is 13.6 Å². The molecule has 0 fully saturated rings. The molecule has 6 heteroatoms. The van der Waals surface area contributed by atoms with Gasteiger partial charge in [0.2, 0.25) is 5.78 Å². The van der Waals surface area contributed by atoms with E-state index in [0.717, 1.165) is 6.07 Å². The van der Waals surface area contributed by atoms with Gasteiger partial charge in [0.25, 0.3) is 0 Å². The van der Waals surface area contributed by atoms with Gasteiger partial charge in [-0.1, -0.05) is 0 Å². The quantitative estimate of drug-likeness (QED) is 0.685. The van der Waals surface area contributed by atoms with Crippen LogP contribution in [0.3, 0.4) is 0 Å². The van der Waals surface area contributed by atoms with Crippen molar-refractivity contribution in [1.82, 2.24) is 4.98 Å². The van der Waals surface area contributed by atoms with Crippen LogP contribution in [0.5, 0.6) is 0 Å². The highest BCUT2D eigenvalue weighted by molar-refractivity contribution is 9.10. The van der Waals surface area contributed by atoms with Crippen molar-refractivity contribution in [2.75, 3.05) is 5.73 Å². The first-order valence-corrected chi connectivity index (χ1v) is 5.70. The zero-order valence-electron chi connectivity index (χ0n) is 8.95. The lowest BCUT2D eigenvalue weighted by Crippen LogP contribution is -2.12. The molecule has 3 nitrogen and oxygen atoms in total. The molecule has 0 bridgehead atoms. The summed E-state index contributed by atoms with van der Waals surface area (Å²) in [6.45, 7) is 0. The highest BCUT2D eigenvalue weighted by Crippen LogP contribution is 2.24. The molecule has 1 aromatic carbocycles.